The van der Waals surface area contributed by atoms with Gasteiger partial charge in [0.25, 0.3) is 0 Å². The summed E-state index contributed by atoms with van der Waals surface area (Å²) in [5.74, 6) is 0. The molecule has 1 aromatic rings. The fourth-order valence-corrected chi connectivity index (χ4v) is 2.32. The van der Waals surface area contributed by atoms with Crippen molar-refractivity contribution in [3.8, 4) is 0 Å². The van der Waals surface area contributed by atoms with Crippen LogP contribution in [0.4, 0.5) is 11.4 Å². The van der Waals surface area contributed by atoms with E-state index in [0.29, 0.717) is 0 Å². The molecule has 1 aliphatic rings. The first-order valence-electron chi connectivity index (χ1n) is 5.54. The van der Waals surface area contributed by atoms with E-state index in [1.165, 1.54) is 5.69 Å². The average molecular weight is 240 g/mol. The monoisotopic (exact) mass is 239 g/mol. The van der Waals surface area contributed by atoms with Crippen molar-refractivity contribution in [2.75, 3.05) is 30.4 Å². The lowest BCUT2D eigenvalue weighted by atomic mass is 10.2. The van der Waals surface area contributed by atoms with Gasteiger partial charge in [-0.2, -0.15) is 0 Å². The molecule has 88 valence electrons. The van der Waals surface area contributed by atoms with Crippen LogP contribution in [0.3, 0.4) is 0 Å². The van der Waals surface area contributed by atoms with Gasteiger partial charge in [-0.05, 0) is 39.1 Å². The largest absolute Gasteiger partial charge is 0.361 e. The van der Waals surface area contributed by atoms with Gasteiger partial charge in [0.1, 0.15) is 5.66 Å². The summed E-state index contributed by atoms with van der Waals surface area (Å²) in [6, 6.07) is 5.98. The van der Waals surface area contributed by atoms with Crippen LogP contribution >= 0.6 is 11.6 Å². The normalized spacial score (nSPS) is 17.1. The number of nitrogens with one attached hydrogen (secondary N) is 2. The Morgan fingerprint density at radius 1 is 1.44 bits per heavy atom. The van der Waals surface area contributed by atoms with E-state index in [1.54, 1.807) is 0 Å². The van der Waals surface area contributed by atoms with Crippen molar-refractivity contribution < 1.29 is 0 Å². The molecule has 0 unspecified atom stereocenters. The van der Waals surface area contributed by atoms with Gasteiger partial charge in [-0.1, -0.05) is 11.6 Å². The van der Waals surface area contributed by atoms with Gasteiger partial charge >= 0.3 is 0 Å². The molecule has 0 aromatic heterocycles. The standard InChI is InChI=1S/C12H18ClN3/c1-12(2)15-10-5-4-9(13)8-11(10)16(12)7-6-14-3/h4-5,8,14-15H,6-7H2,1-3H3. The van der Waals surface area contributed by atoms with Gasteiger partial charge in [-0.15, -0.1) is 0 Å². The summed E-state index contributed by atoms with van der Waals surface area (Å²) in [6.07, 6.45) is 0. The van der Waals surface area contributed by atoms with E-state index >= 15 is 0 Å². The number of hydrogen-bond donors (Lipinski definition) is 2. The third kappa shape index (κ3) is 1.97. The first-order valence-corrected chi connectivity index (χ1v) is 5.92. The van der Waals surface area contributed by atoms with Crippen LogP contribution in [-0.2, 0) is 0 Å². The lowest BCUT2D eigenvalue weighted by Gasteiger charge is -2.33. The maximum Gasteiger partial charge on any atom is 0.105 e. The van der Waals surface area contributed by atoms with Gasteiger partial charge in [-0.25, -0.2) is 0 Å². The second-order valence-electron chi connectivity index (χ2n) is 4.60. The van der Waals surface area contributed by atoms with E-state index in [0.717, 1.165) is 23.8 Å². The van der Waals surface area contributed by atoms with Crippen LogP contribution in [0.25, 0.3) is 0 Å². The highest BCUT2D eigenvalue weighted by molar-refractivity contribution is 6.31. The minimum atomic E-state index is -0.0517. The first kappa shape index (κ1) is 11.6. The zero-order valence-electron chi connectivity index (χ0n) is 9.97. The molecule has 16 heavy (non-hydrogen) atoms. The molecule has 0 bridgehead atoms. The van der Waals surface area contributed by atoms with Gasteiger partial charge < -0.3 is 15.5 Å². The highest BCUT2D eigenvalue weighted by Crippen LogP contribution is 2.40. The topological polar surface area (TPSA) is 27.3 Å². The van der Waals surface area contributed by atoms with Crippen LogP contribution in [0, 0.1) is 0 Å². The molecular weight excluding hydrogens is 222 g/mol. The summed E-state index contributed by atoms with van der Waals surface area (Å²) >= 11 is 6.05. The number of likely N-dealkylation sites (N-methyl/N-ethyl adjacent to an activating group) is 1. The third-order valence-electron chi connectivity index (χ3n) is 2.95. The van der Waals surface area contributed by atoms with E-state index in [-0.39, 0.29) is 5.66 Å². The predicted molar refractivity (Wildman–Crippen MR) is 70.4 cm³/mol. The van der Waals surface area contributed by atoms with Gasteiger partial charge in [-0.3, -0.25) is 0 Å². The number of anilines is 2. The quantitative estimate of drug-likeness (QED) is 0.849. The number of nitrogens with zero attached hydrogens (tertiary/aromatic N) is 1. The van der Waals surface area contributed by atoms with Gasteiger partial charge in [0.15, 0.2) is 0 Å². The Morgan fingerprint density at radius 2 is 2.19 bits per heavy atom. The average Bonchev–Trinajstić information content (AvgIpc) is 2.45. The van der Waals surface area contributed by atoms with Crippen molar-refractivity contribution in [2.45, 2.75) is 19.5 Å². The molecule has 0 saturated carbocycles. The lowest BCUT2D eigenvalue weighted by Crippen LogP contribution is -2.47. The fourth-order valence-electron chi connectivity index (χ4n) is 2.16. The van der Waals surface area contributed by atoms with Crippen molar-refractivity contribution in [3.05, 3.63) is 23.2 Å². The molecule has 0 amide bonds. The Morgan fingerprint density at radius 3 is 2.88 bits per heavy atom. The third-order valence-corrected chi connectivity index (χ3v) is 3.19. The Hall–Kier alpha value is -0.930. The zero-order valence-corrected chi connectivity index (χ0v) is 10.7. The number of fused-ring (bicyclic) bond motifs is 1. The highest BCUT2D eigenvalue weighted by Gasteiger charge is 2.34. The lowest BCUT2D eigenvalue weighted by molar-refractivity contribution is 0.534. The molecule has 3 nitrogen and oxygen atoms in total. The smallest absolute Gasteiger partial charge is 0.105 e. The number of benzene rings is 1. The summed E-state index contributed by atoms with van der Waals surface area (Å²) in [7, 11) is 1.97. The van der Waals surface area contributed by atoms with Crippen LogP contribution in [0.1, 0.15) is 13.8 Å². The molecule has 0 spiro atoms. The van der Waals surface area contributed by atoms with Crippen molar-refractivity contribution in [1.82, 2.24) is 5.32 Å². The predicted octanol–water partition coefficient (Wildman–Crippen LogP) is 2.53. The van der Waals surface area contributed by atoms with Gasteiger partial charge in [0, 0.05) is 18.1 Å². The second-order valence-corrected chi connectivity index (χ2v) is 5.04. The highest BCUT2D eigenvalue weighted by atomic mass is 35.5. The van der Waals surface area contributed by atoms with E-state index in [4.69, 9.17) is 11.6 Å². The van der Waals surface area contributed by atoms with E-state index in [9.17, 15) is 0 Å². The summed E-state index contributed by atoms with van der Waals surface area (Å²) in [5.41, 5.74) is 2.29. The fraction of sp³-hybridized carbons (Fsp3) is 0.500. The molecule has 0 fully saturated rings. The Kier molecular flexibility index (Phi) is 3.00. The van der Waals surface area contributed by atoms with Crippen LogP contribution in [-0.4, -0.2) is 25.8 Å². The molecule has 0 aliphatic carbocycles. The Labute approximate surface area is 102 Å². The maximum atomic E-state index is 6.05. The molecule has 2 rings (SSSR count). The molecule has 1 heterocycles. The van der Waals surface area contributed by atoms with Crippen LogP contribution in [0.2, 0.25) is 5.02 Å². The van der Waals surface area contributed by atoms with Crippen LogP contribution < -0.4 is 15.5 Å². The molecule has 1 aromatic carbocycles. The van der Waals surface area contributed by atoms with Gasteiger partial charge in [0.05, 0.1) is 11.4 Å². The molecule has 0 atom stereocenters. The van der Waals surface area contributed by atoms with Gasteiger partial charge in [0.2, 0.25) is 0 Å². The van der Waals surface area contributed by atoms with E-state index in [1.807, 2.05) is 25.2 Å². The molecule has 4 heteroatoms. The molecule has 2 N–H and O–H groups in total. The zero-order chi connectivity index (χ0) is 11.8. The Bertz CT molecular complexity index is 390. The molecular formula is C12H18ClN3. The first-order chi connectivity index (χ1) is 7.54. The number of halogens is 1. The Balaban J connectivity index is 2.32. The van der Waals surface area contributed by atoms with E-state index < -0.39 is 0 Å². The van der Waals surface area contributed by atoms with Crippen LogP contribution in [0.15, 0.2) is 18.2 Å². The molecule has 0 saturated heterocycles. The molecule has 1 aliphatic heterocycles. The van der Waals surface area contributed by atoms with Crippen molar-refractivity contribution >= 4 is 23.0 Å². The second kappa shape index (κ2) is 4.15. The van der Waals surface area contributed by atoms with Crippen LogP contribution in [0.5, 0.6) is 0 Å². The minimum Gasteiger partial charge on any atom is -0.361 e. The minimum absolute atomic E-state index is 0.0517. The summed E-state index contributed by atoms with van der Waals surface area (Å²) in [6.45, 7) is 6.27. The maximum absolute atomic E-state index is 6.05. The SMILES string of the molecule is CNCCN1c2cc(Cl)ccc2NC1(C)C. The van der Waals surface area contributed by atoms with Crippen molar-refractivity contribution in [1.29, 1.82) is 0 Å². The van der Waals surface area contributed by atoms with Crippen molar-refractivity contribution in [3.63, 3.8) is 0 Å². The summed E-state index contributed by atoms with van der Waals surface area (Å²) in [4.78, 5) is 2.34. The summed E-state index contributed by atoms with van der Waals surface area (Å²) < 4.78 is 0. The molecule has 0 radical (unpaired) electrons. The van der Waals surface area contributed by atoms with E-state index in [2.05, 4.69) is 29.4 Å². The number of hydrogen-bond acceptors (Lipinski definition) is 3. The van der Waals surface area contributed by atoms with Crippen molar-refractivity contribution in [2.24, 2.45) is 0 Å². The number of rotatable bonds is 3. The summed E-state index contributed by atoms with van der Waals surface area (Å²) in [5, 5.41) is 7.46.